The normalized spacial score (nSPS) is 11.7. The first kappa shape index (κ1) is 17.5. The summed E-state index contributed by atoms with van der Waals surface area (Å²) < 4.78 is 10.6. The Morgan fingerprint density at radius 2 is 1.92 bits per heavy atom. The van der Waals surface area contributed by atoms with Crippen LogP contribution in [0, 0.1) is 6.92 Å². The molecule has 0 radical (unpaired) electrons. The summed E-state index contributed by atoms with van der Waals surface area (Å²) in [4.78, 5) is 23.1. The summed E-state index contributed by atoms with van der Waals surface area (Å²) >= 11 is 0. The van der Waals surface area contributed by atoms with E-state index in [9.17, 15) is 9.59 Å². The van der Waals surface area contributed by atoms with Gasteiger partial charge in [-0.3, -0.25) is 4.79 Å². The first-order valence-corrected chi connectivity index (χ1v) is 7.75. The number of ether oxygens (including phenoxy) is 1. The Morgan fingerprint density at radius 1 is 1.21 bits per heavy atom. The van der Waals surface area contributed by atoms with Crippen LogP contribution in [0.2, 0.25) is 0 Å². The fourth-order valence-corrected chi connectivity index (χ4v) is 2.32. The summed E-state index contributed by atoms with van der Waals surface area (Å²) in [6.07, 6.45) is 4.74. The minimum atomic E-state index is -0.402. The van der Waals surface area contributed by atoms with E-state index in [1.807, 2.05) is 30.3 Å². The van der Waals surface area contributed by atoms with Gasteiger partial charge in [0.25, 0.3) is 0 Å². The molecule has 0 unspecified atom stereocenters. The molecule has 0 aliphatic rings. The highest BCUT2D eigenvalue weighted by atomic mass is 16.5. The Hall–Kier alpha value is -2.88. The zero-order valence-corrected chi connectivity index (χ0v) is 14.0. The second-order valence-corrected chi connectivity index (χ2v) is 5.19. The maximum atomic E-state index is 11.7. The quantitative estimate of drug-likeness (QED) is 0.343. The second kappa shape index (κ2) is 8.11. The molecule has 0 aliphatic heterocycles. The molecule has 1 aromatic carbocycles. The lowest BCUT2D eigenvalue weighted by Crippen LogP contribution is -1.98. The molecule has 124 valence electrons. The summed E-state index contributed by atoms with van der Waals surface area (Å²) in [7, 11) is 0. The molecule has 0 spiro atoms. The van der Waals surface area contributed by atoms with Gasteiger partial charge in [0, 0.05) is 11.6 Å². The van der Waals surface area contributed by atoms with Crippen molar-refractivity contribution in [3.05, 3.63) is 77.3 Å². The zero-order valence-electron chi connectivity index (χ0n) is 14.0. The van der Waals surface area contributed by atoms with Crippen molar-refractivity contribution in [3.8, 4) is 0 Å². The van der Waals surface area contributed by atoms with Gasteiger partial charge in [0.2, 0.25) is 0 Å². The van der Waals surface area contributed by atoms with Crippen molar-refractivity contribution < 1.29 is 18.7 Å². The molecule has 0 amide bonds. The van der Waals surface area contributed by atoms with Crippen molar-refractivity contribution in [1.82, 2.24) is 0 Å². The Morgan fingerprint density at radius 3 is 2.50 bits per heavy atom. The van der Waals surface area contributed by atoms with Crippen LogP contribution in [0.4, 0.5) is 0 Å². The molecular weight excluding hydrogens is 304 g/mol. The molecular formula is C20H20O4. The number of ketones is 1. The molecule has 0 fully saturated rings. The minimum absolute atomic E-state index is 0.0445. The van der Waals surface area contributed by atoms with Crippen molar-refractivity contribution in [2.45, 2.75) is 20.8 Å². The summed E-state index contributed by atoms with van der Waals surface area (Å²) in [6.45, 7) is 5.36. The first-order chi connectivity index (χ1) is 11.5. The maximum Gasteiger partial charge on any atom is 0.330 e. The first-order valence-electron chi connectivity index (χ1n) is 7.75. The number of benzene rings is 1. The minimum Gasteiger partial charge on any atom is -0.463 e. The Bertz CT molecular complexity index is 779. The largest absolute Gasteiger partial charge is 0.463 e. The number of allylic oxidation sites excluding steroid dienone is 2. The average Bonchev–Trinajstić information content (AvgIpc) is 2.94. The van der Waals surface area contributed by atoms with E-state index in [0.717, 1.165) is 11.1 Å². The second-order valence-electron chi connectivity index (χ2n) is 5.19. The van der Waals surface area contributed by atoms with E-state index in [4.69, 9.17) is 9.15 Å². The monoisotopic (exact) mass is 324 g/mol. The highest BCUT2D eigenvalue weighted by Gasteiger charge is 2.15. The van der Waals surface area contributed by atoms with Crippen LogP contribution >= 0.6 is 0 Å². The van der Waals surface area contributed by atoms with Crippen LogP contribution in [0.5, 0.6) is 0 Å². The molecule has 0 saturated carbocycles. The van der Waals surface area contributed by atoms with E-state index in [0.29, 0.717) is 23.7 Å². The predicted octanol–water partition coefficient (Wildman–Crippen LogP) is 4.34. The third kappa shape index (κ3) is 4.32. The summed E-state index contributed by atoms with van der Waals surface area (Å²) in [5, 5.41) is 0. The van der Waals surface area contributed by atoms with Crippen LogP contribution < -0.4 is 0 Å². The molecule has 0 bridgehead atoms. The van der Waals surface area contributed by atoms with Crippen LogP contribution in [-0.2, 0) is 9.53 Å². The number of carbonyl (C=O) groups excluding carboxylic acids is 2. The molecule has 1 heterocycles. The molecule has 0 atom stereocenters. The van der Waals surface area contributed by atoms with Gasteiger partial charge in [-0.05, 0) is 32.4 Å². The van der Waals surface area contributed by atoms with Crippen molar-refractivity contribution in [2.75, 3.05) is 6.61 Å². The smallest absolute Gasteiger partial charge is 0.330 e. The zero-order chi connectivity index (χ0) is 17.5. The van der Waals surface area contributed by atoms with E-state index in [1.54, 1.807) is 32.1 Å². The number of aryl methyl sites for hydroxylation is 1. The number of hydrogen-bond donors (Lipinski definition) is 0. The number of carbonyl (C=O) groups is 2. The van der Waals surface area contributed by atoms with Crippen LogP contribution in [-0.4, -0.2) is 18.4 Å². The van der Waals surface area contributed by atoms with Crippen molar-refractivity contribution in [1.29, 1.82) is 0 Å². The Labute approximate surface area is 141 Å². The van der Waals surface area contributed by atoms with Crippen LogP contribution in [0.3, 0.4) is 0 Å². The highest BCUT2D eigenvalue weighted by molar-refractivity contribution is 5.96. The van der Waals surface area contributed by atoms with E-state index in [1.165, 1.54) is 13.0 Å². The van der Waals surface area contributed by atoms with Gasteiger partial charge in [0.1, 0.15) is 11.5 Å². The van der Waals surface area contributed by atoms with Gasteiger partial charge in [0.15, 0.2) is 5.78 Å². The molecule has 1 aromatic heterocycles. The number of furan rings is 1. The molecule has 2 aromatic rings. The number of esters is 1. The van der Waals surface area contributed by atoms with E-state index >= 15 is 0 Å². The van der Waals surface area contributed by atoms with E-state index < -0.39 is 5.97 Å². The van der Waals surface area contributed by atoms with Gasteiger partial charge < -0.3 is 9.15 Å². The third-order valence-electron chi connectivity index (χ3n) is 3.43. The van der Waals surface area contributed by atoms with Crippen molar-refractivity contribution >= 4 is 17.3 Å². The van der Waals surface area contributed by atoms with E-state index in [2.05, 4.69) is 0 Å². The van der Waals surface area contributed by atoms with Crippen molar-refractivity contribution in [2.24, 2.45) is 0 Å². The fraction of sp³-hybridized carbons (Fsp3) is 0.200. The molecule has 4 heteroatoms. The van der Waals surface area contributed by atoms with Gasteiger partial charge in [-0.15, -0.1) is 0 Å². The summed E-state index contributed by atoms with van der Waals surface area (Å²) in [6, 6.07) is 11.4. The molecule has 4 nitrogen and oxygen atoms in total. The van der Waals surface area contributed by atoms with Gasteiger partial charge >= 0.3 is 5.97 Å². The van der Waals surface area contributed by atoms with E-state index in [-0.39, 0.29) is 5.78 Å². The highest BCUT2D eigenvalue weighted by Crippen LogP contribution is 2.27. The van der Waals surface area contributed by atoms with Gasteiger partial charge in [-0.2, -0.15) is 0 Å². The SMILES string of the molecule is CCOC(=O)/C=C\C=C(\c1ccccc1)c1cc(C(C)=O)c(C)o1. The molecule has 2 rings (SSSR count). The molecule has 0 saturated heterocycles. The lowest BCUT2D eigenvalue weighted by molar-refractivity contribution is -0.137. The van der Waals surface area contributed by atoms with Crippen molar-refractivity contribution in [3.63, 3.8) is 0 Å². The van der Waals surface area contributed by atoms with Gasteiger partial charge in [-0.1, -0.05) is 42.5 Å². The Kier molecular flexibility index (Phi) is 5.90. The van der Waals surface area contributed by atoms with Gasteiger partial charge in [0.05, 0.1) is 12.2 Å². The molecule has 24 heavy (non-hydrogen) atoms. The van der Waals surface area contributed by atoms with Crippen LogP contribution in [0.15, 0.2) is 59.0 Å². The summed E-state index contributed by atoms with van der Waals surface area (Å²) in [5.41, 5.74) is 2.27. The Balaban J connectivity index is 2.42. The topological polar surface area (TPSA) is 56.5 Å². The third-order valence-corrected chi connectivity index (χ3v) is 3.43. The average molecular weight is 324 g/mol. The lowest BCUT2D eigenvalue weighted by atomic mass is 10.0. The fourth-order valence-electron chi connectivity index (χ4n) is 2.32. The standard InChI is InChI=1S/C20H20O4/c1-4-23-20(22)12-8-11-17(16-9-6-5-7-10-16)19-13-18(14(2)21)15(3)24-19/h5-13H,4H2,1-3H3/b12-8-,17-11-. The molecule has 0 aliphatic carbocycles. The van der Waals surface area contributed by atoms with Crippen LogP contribution in [0.1, 0.15) is 41.3 Å². The van der Waals surface area contributed by atoms with Crippen LogP contribution in [0.25, 0.3) is 5.57 Å². The predicted molar refractivity (Wildman–Crippen MR) is 92.7 cm³/mol. The molecule has 0 N–H and O–H groups in total. The number of rotatable bonds is 6. The van der Waals surface area contributed by atoms with Gasteiger partial charge in [-0.25, -0.2) is 4.79 Å². The summed E-state index contributed by atoms with van der Waals surface area (Å²) in [5.74, 6) is 0.712. The number of Topliss-reactive ketones (excluding diaryl/α,β-unsaturated/α-hetero) is 1. The lowest BCUT2D eigenvalue weighted by Gasteiger charge is -2.03. The number of hydrogen-bond acceptors (Lipinski definition) is 4. The maximum absolute atomic E-state index is 11.7.